The quantitative estimate of drug-likeness (QED) is 0.116. The molecule has 0 atom stereocenters. The van der Waals surface area contributed by atoms with E-state index in [1.165, 1.54) is 199 Å². The summed E-state index contributed by atoms with van der Waals surface area (Å²) in [7, 11) is 0. The van der Waals surface area contributed by atoms with E-state index >= 15 is 0 Å². The minimum absolute atomic E-state index is 0.835. The fourth-order valence-electron chi connectivity index (χ4n) is 13.0. The van der Waals surface area contributed by atoms with E-state index in [-0.39, 0.29) is 0 Å². The SMILES string of the molecule is C=CC1CCC(C2CCC(CCC)CC2)CC1.C=CC1CCC(C2CCC(CCCC)CC2)CC1.C=CC1CCC(C2CCC(CCCCC)CC2)CC1. The van der Waals surface area contributed by atoms with Crippen molar-refractivity contribution in [3.63, 3.8) is 0 Å². The molecule has 0 saturated heterocycles. The summed E-state index contributed by atoms with van der Waals surface area (Å²) in [6.07, 6.45) is 55.5. The van der Waals surface area contributed by atoms with Crippen molar-refractivity contribution >= 4 is 0 Å². The fourth-order valence-corrected chi connectivity index (χ4v) is 13.0. The highest BCUT2D eigenvalue weighted by Crippen LogP contribution is 2.45. The van der Waals surface area contributed by atoms with Gasteiger partial charge in [-0.15, -0.1) is 19.7 Å². The Balaban J connectivity index is 0.000000181. The molecule has 6 aliphatic rings. The van der Waals surface area contributed by atoms with Crippen LogP contribution in [0.1, 0.15) is 233 Å². The molecule has 6 fully saturated rings. The normalized spacial score (nSPS) is 37.4. The number of rotatable bonds is 15. The molecule has 0 heterocycles. The molecular weight excluding hydrogens is 649 g/mol. The summed E-state index contributed by atoms with van der Waals surface area (Å²) in [4.78, 5) is 0. The van der Waals surface area contributed by atoms with Crippen LogP contribution in [0.2, 0.25) is 0 Å². The van der Waals surface area contributed by atoms with E-state index in [1.54, 1.807) is 12.8 Å². The molecule has 0 amide bonds. The van der Waals surface area contributed by atoms with Crippen molar-refractivity contribution < 1.29 is 0 Å². The lowest BCUT2D eigenvalue weighted by Gasteiger charge is -2.37. The van der Waals surface area contributed by atoms with Crippen LogP contribution in [0.15, 0.2) is 38.0 Å². The van der Waals surface area contributed by atoms with Gasteiger partial charge in [0, 0.05) is 0 Å². The molecule has 312 valence electrons. The second-order valence-electron chi connectivity index (χ2n) is 20.5. The first-order valence-corrected chi connectivity index (χ1v) is 25.4. The highest BCUT2D eigenvalue weighted by atomic mass is 14.4. The van der Waals surface area contributed by atoms with Crippen LogP contribution in [0.4, 0.5) is 0 Å². The van der Waals surface area contributed by atoms with Gasteiger partial charge in [-0.3, -0.25) is 0 Å². The van der Waals surface area contributed by atoms with E-state index in [0.717, 1.165) is 71.0 Å². The Labute approximate surface area is 340 Å². The Morgan fingerprint density at radius 2 is 0.556 bits per heavy atom. The predicted octanol–water partition coefficient (Wildman–Crippen LogP) is 17.9. The predicted molar refractivity (Wildman–Crippen MR) is 242 cm³/mol. The van der Waals surface area contributed by atoms with Crippen molar-refractivity contribution in [2.75, 3.05) is 0 Å². The molecule has 0 radical (unpaired) electrons. The Hall–Kier alpha value is -0.780. The third kappa shape index (κ3) is 16.2. The zero-order chi connectivity index (χ0) is 38.4. The molecule has 0 bridgehead atoms. The van der Waals surface area contributed by atoms with Crippen molar-refractivity contribution in [2.24, 2.45) is 71.0 Å². The molecule has 0 heteroatoms. The van der Waals surface area contributed by atoms with Crippen LogP contribution in [-0.4, -0.2) is 0 Å². The summed E-state index contributed by atoms with van der Waals surface area (Å²) in [5.74, 6) is 12.1. The Kier molecular flexibility index (Phi) is 23.0. The first-order valence-electron chi connectivity index (χ1n) is 25.4. The number of hydrogen-bond donors (Lipinski definition) is 0. The standard InChI is InChI=1S/C19H34.C18H32.C17H30/c1-3-5-6-7-17-10-14-19(15-11-17)18-12-8-16(4-2)9-13-18;1-3-5-6-16-9-13-18(14-10-16)17-11-7-15(4-2)8-12-17;1-3-5-15-8-12-17(13-9-15)16-10-6-14(4-2)7-11-16/h4,16-19H,2-3,5-15H2,1H3;4,15-18H,2-3,5-14H2,1H3;4,14-17H,2-3,5-13H2,1H3. The highest BCUT2D eigenvalue weighted by molar-refractivity contribution is 4.90. The van der Waals surface area contributed by atoms with Gasteiger partial charge in [0.15, 0.2) is 0 Å². The first-order chi connectivity index (χ1) is 26.5. The topological polar surface area (TPSA) is 0 Å². The molecule has 0 aromatic carbocycles. The molecule has 0 unspecified atom stereocenters. The monoisotopic (exact) mass is 745 g/mol. The Morgan fingerprint density at radius 1 is 0.296 bits per heavy atom. The van der Waals surface area contributed by atoms with Crippen molar-refractivity contribution in [2.45, 2.75) is 233 Å². The van der Waals surface area contributed by atoms with Gasteiger partial charge in [-0.2, -0.15) is 0 Å². The number of unbranched alkanes of at least 4 members (excludes halogenated alkanes) is 3. The lowest BCUT2D eigenvalue weighted by molar-refractivity contribution is 0.151. The van der Waals surface area contributed by atoms with E-state index in [4.69, 9.17) is 0 Å². The second kappa shape index (κ2) is 27.0. The van der Waals surface area contributed by atoms with Crippen molar-refractivity contribution in [3.05, 3.63) is 38.0 Å². The minimum atomic E-state index is 0.835. The maximum atomic E-state index is 3.97. The van der Waals surface area contributed by atoms with E-state index in [9.17, 15) is 0 Å². The molecule has 0 spiro atoms. The summed E-state index contributed by atoms with van der Waals surface area (Å²) in [5.41, 5.74) is 0. The smallest absolute Gasteiger partial charge is 0.0236 e. The van der Waals surface area contributed by atoms with E-state index in [1.807, 2.05) is 0 Å². The largest absolute Gasteiger partial charge is 0.103 e. The van der Waals surface area contributed by atoms with E-state index in [2.05, 4.69) is 58.7 Å². The average molecular weight is 745 g/mol. The fraction of sp³-hybridized carbons (Fsp3) is 0.889. The molecule has 0 N–H and O–H groups in total. The molecule has 0 aromatic heterocycles. The lowest BCUT2D eigenvalue weighted by Crippen LogP contribution is -2.25. The maximum absolute atomic E-state index is 3.97. The molecule has 0 aromatic rings. The third-order valence-electron chi connectivity index (χ3n) is 17.0. The number of allylic oxidation sites excluding steroid dienone is 3. The van der Waals surface area contributed by atoms with Gasteiger partial charge in [0.05, 0.1) is 0 Å². The van der Waals surface area contributed by atoms with E-state index < -0.39 is 0 Å². The summed E-state index contributed by atoms with van der Waals surface area (Å²) in [6.45, 7) is 18.9. The van der Waals surface area contributed by atoms with Gasteiger partial charge in [-0.05, 0) is 187 Å². The highest BCUT2D eigenvalue weighted by Gasteiger charge is 2.32. The minimum Gasteiger partial charge on any atom is -0.103 e. The molecule has 6 aliphatic carbocycles. The van der Waals surface area contributed by atoms with Crippen LogP contribution in [0, 0.1) is 71.0 Å². The molecule has 54 heavy (non-hydrogen) atoms. The zero-order valence-electron chi connectivity index (χ0n) is 37.1. The van der Waals surface area contributed by atoms with Crippen LogP contribution in [0.5, 0.6) is 0 Å². The Bertz CT molecular complexity index is 927. The summed E-state index contributed by atoms with van der Waals surface area (Å²) in [6, 6.07) is 0. The first kappa shape index (κ1) is 45.9. The van der Waals surface area contributed by atoms with Gasteiger partial charge < -0.3 is 0 Å². The van der Waals surface area contributed by atoms with Crippen LogP contribution in [0.3, 0.4) is 0 Å². The van der Waals surface area contributed by atoms with Crippen molar-refractivity contribution in [1.82, 2.24) is 0 Å². The van der Waals surface area contributed by atoms with Gasteiger partial charge in [-0.25, -0.2) is 0 Å². The summed E-state index contributed by atoms with van der Waals surface area (Å²) < 4.78 is 0. The van der Waals surface area contributed by atoms with Crippen LogP contribution < -0.4 is 0 Å². The third-order valence-corrected chi connectivity index (χ3v) is 17.0. The molecule has 0 nitrogen and oxygen atoms in total. The van der Waals surface area contributed by atoms with Crippen LogP contribution in [-0.2, 0) is 0 Å². The summed E-state index contributed by atoms with van der Waals surface area (Å²) in [5, 5.41) is 0. The van der Waals surface area contributed by atoms with Crippen LogP contribution >= 0.6 is 0 Å². The average Bonchev–Trinajstić information content (AvgIpc) is 3.24. The molecule has 6 rings (SSSR count). The zero-order valence-corrected chi connectivity index (χ0v) is 37.1. The molecule has 0 aliphatic heterocycles. The van der Waals surface area contributed by atoms with Crippen LogP contribution in [0.25, 0.3) is 0 Å². The van der Waals surface area contributed by atoms with Gasteiger partial charge in [0.25, 0.3) is 0 Å². The van der Waals surface area contributed by atoms with Gasteiger partial charge in [-0.1, -0.05) is 135 Å². The van der Waals surface area contributed by atoms with Gasteiger partial charge >= 0.3 is 0 Å². The number of hydrogen-bond acceptors (Lipinski definition) is 0. The van der Waals surface area contributed by atoms with Gasteiger partial charge in [0.2, 0.25) is 0 Å². The van der Waals surface area contributed by atoms with Gasteiger partial charge in [0.1, 0.15) is 0 Å². The Morgan fingerprint density at radius 3 is 0.815 bits per heavy atom. The maximum Gasteiger partial charge on any atom is -0.0236 e. The van der Waals surface area contributed by atoms with E-state index in [0.29, 0.717) is 0 Å². The van der Waals surface area contributed by atoms with Crippen molar-refractivity contribution in [1.29, 1.82) is 0 Å². The molecule has 6 saturated carbocycles. The molecular formula is C54H96. The lowest BCUT2D eigenvalue weighted by atomic mass is 9.68. The van der Waals surface area contributed by atoms with Crippen molar-refractivity contribution in [3.8, 4) is 0 Å². The summed E-state index contributed by atoms with van der Waals surface area (Å²) >= 11 is 0. The second-order valence-corrected chi connectivity index (χ2v) is 20.5.